The van der Waals surface area contributed by atoms with E-state index in [1.165, 1.54) is 0 Å². The Labute approximate surface area is 90.9 Å². The van der Waals surface area contributed by atoms with Gasteiger partial charge in [0.15, 0.2) is 11.4 Å². The van der Waals surface area contributed by atoms with E-state index in [1.54, 1.807) is 0 Å². The lowest BCUT2D eigenvalue weighted by Gasteiger charge is -2.13. The molecule has 0 aliphatic heterocycles. The highest BCUT2D eigenvalue weighted by Gasteiger charge is 2.39. The first kappa shape index (κ1) is 13.1. The SMILES string of the molecule is Nc1cc(C(F)F)c(C(F)(F)F)nc1C(=O)O. The summed E-state index contributed by atoms with van der Waals surface area (Å²) in [7, 11) is 0. The summed E-state index contributed by atoms with van der Waals surface area (Å²) in [5, 5.41) is 8.49. The number of aromatic carboxylic acids is 1. The van der Waals surface area contributed by atoms with Gasteiger partial charge in [0.05, 0.1) is 11.3 Å². The van der Waals surface area contributed by atoms with Crippen LogP contribution in [-0.4, -0.2) is 16.1 Å². The molecule has 0 aliphatic carbocycles. The lowest BCUT2D eigenvalue weighted by atomic mass is 10.1. The molecule has 17 heavy (non-hydrogen) atoms. The molecule has 0 radical (unpaired) electrons. The Kier molecular flexibility index (Phi) is 3.21. The van der Waals surface area contributed by atoms with Gasteiger partial charge in [-0.1, -0.05) is 0 Å². The summed E-state index contributed by atoms with van der Waals surface area (Å²) in [5.41, 5.74) is -0.220. The highest BCUT2D eigenvalue weighted by atomic mass is 19.4. The molecule has 0 aliphatic rings. The molecule has 0 amide bonds. The fraction of sp³-hybridized carbons (Fsp3) is 0.250. The van der Waals surface area contributed by atoms with E-state index in [9.17, 15) is 26.7 Å². The Morgan fingerprint density at radius 3 is 2.29 bits per heavy atom. The summed E-state index contributed by atoms with van der Waals surface area (Å²) in [6.07, 6.45) is -8.63. The van der Waals surface area contributed by atoms with Crippen LogP contribution in [0.5, 0.6) is 0 Å². The van der Waals surface area contributed by atoms with E-state index in [0.717, 1.165) is 0 Å². The molecule has 1 aromatic rings. The molecule has 0 atom stereocenters. The van der Waals surface area contributed by atoms with E-state index < -0.39 is 41.2 Å². The topological polar surface area (TPSA) is 76.2 Å². The van der Waals surface area contributed by atoms with Crippen molar-refractivity contribution in [2.24, 2.45) is 0 Å². The molecule has 0 saturated carbocycles. The van der Waals surface area contributed by atoms with Gasteiger partial charge < -0.3 is 10.8 Å². The van der Waals surface area contributed by atoms with Gasteiger partial charge >= 0.3 is 12.1 Å². The maximum absolute atomic E-state index is 12.4. The average molecular weight is 256 g/mol. The number of carboxylic acids is 1. The second-order valence-electron chi connectivity index (χ2n) is 2.97. The molecule has 0 bridgehead atoms. The number of hydrogen-bond acceptors (Lipinski definition) is 3. The normalized spacial score (nSPS) is 11.9. The van der Waals surface area contributed by atoms with Gasteiger partial charge in [0.25, 0.3) is 6.43 Å². The molecular formula is C8H5F5N2O2. The molecule has 0 aromatic carbocycles. The molecule has 1 aromatic heterocycles. The van der Waals surface area contributed by atoms with Gasteiger partial charge in [-0.05, 0) is 6.07 Å². The molecule has 9 heteroatoms. The van der Waals surface area contributed by atoms with Crippen molar-refractivity contribution in [3.8, 4) is 0 Å². The summed E-state index contributed by atoms with van der Waals surface area (Å²) in [6.45, 7) is 0. The number of alkyl halides is 5. The van der Waals surface area contributed by atoms with Gasteiger partial charge in [-0.25, -0.2) is 18.6 Å². The number of halogens is 5. The van der Waals surface area contributed by atoms with Crippen LogP contribution < -0.4 is 5.73 Å². The monoisotopic (exact) mass is 256 g/mol. The largest absolute Gasteiger partial charge is 0.476 e. The molecular weight excluding hydrogens is 251 g/mol. The van der Waals surface area contributed by atoms with Crippen molar-refractivity contribution in [1.29, 1.82) is 0 Å². The molecule has 0 saturated heterocycles. The number of aromatic nitrogens is 1. The van der Waals surface area contributed by atoms with Crippen LogP contribution in [0, 0.1) is 0 Å². The standard InChI is InChI=1S/C8H5F5N2O2/c9-6(10)2-1-3(14)4(7(16)17)15-5(2)8(11,12)13/h1,6H,14H2,(H,16,17). The summed E-state index contributed by atoms with van der Waals surface area (Å²) in [4.78, 5) is 13.1. The Morgan fingerprint density at radius 2 is 1.94 bits per heavy atom. The van der Waals surface area contributed by atoms with Crippen LogP contribution in [0.15, 0.2) is 6.07 Å². The average Bonchev–Trinajstić information content (AvgIpc) is 2.14. The maximum Gasteiger partial charge on any atom is 0.433 e. The van der Waals surface area contributed by atoms with Crippen LogP contribution in [0.25, 0.3) is 0 Å². The van der Waals surface area contributed by atoms with E-state index in [2.05, 4.69) is 4.98 Å². The molecule has 1 rings (SSSR count). The molecule has 4 nitrogen and oxygen atoms in total. The number of nitrogen functional groups attached to an aromatic ring is 1. The van der Waals surface area contributed by atoms with Crippen molar-refractivity contribution < 1.29 is 31.9 Å². The number of carbonyl (C=O) groups is 1. The summed E-state index contributed by atoms with van der Waals surface area (Å²) < 4.78 is 61.7. The van der Waals surface area contributed by atoms with E-state index in [4.69, 9.17) is 10.8 Å². The van der Waals surface area contributed by atoms with Crippen LogP contribution in [0.3, 0.4) is 0 Å². The second kappa shape index (κ2) is 4.15. The first-order chi connectivity index (χ1) is 7.64. The number of hydrogen-bond donors (Lipinski definition) is 2. The van der Waals surface area contributed by atoms with Crippen molar-refractivity contribution in [2.45, 2.75) is 12.6 Å². The van der Waals surface area contributed by atoms with E-state index in [1.807, 2.05) is 0 Å². The number of pyridine rings is 1. The zero-order valence-corrected chi connectivity index (χ0v) is 7.92. The second-order valence-corrected chi connectivity index (χ2v) is 2.97. The third-order valence-electron chi connectivity index (χ3n) is 1.79. The van der Waals surface area contributed by atoms with Gasteiger partial charge in [-0.3, -0.25) is 0 Å². The number of nitrogens with zero attached hydrogens (tertiary/aromatic N) is 1. The summed E-state index contributed by atoms with van der Waals surface area (Å²) >= 11 is 0. The van der Waals surface area contributed by atoms with E-state index >= 15 is 0 Å². The Balaban J connectivity index is 3.54. The van der Waals surface area contributed by atoms with Crippen LogP contribution in [0.2, 0.25) is 0 Å². The van der Waals surface area contributed by atoms with Crippen molar-refractivity contribution in [3.05, 3.63) is 23.0 Å². The first-order valence-electron chi connectivity index (χ1n) is 4.03. The smallest absolute Gasteiger partial charge is 0.433 e. The van der Waals surface area contributed by atoms with Crippen LogP contribution in [-0.2, 0) is 6.18 Å². The molecule has 94 valence electrons. The van der Waals surface area contributed by atoms with Gasteiger partial charge in [-0.2, -0.15) is 13.2 Å². The fourth-order valence-electron chi connectivity index (χ4n) is 1.11. The van der Waals surface area contributed by atoms with E-state index in [-0.39, 0.29) is 6.07 Å². The minimum atomic E-state index is -5.18. The van der Waals surface area contributed by atoms with Crippen LogP contribution in [0.4, 0.5) is 27.6 Å². The number of nitrogens with two attached hydrogens (primary N) is 1. The number of carboxylic acid groups (broad SMARTS) is 1. The summed E-state index contributed by atoms with van der Waals surface area (Å²) in [5.74, 6) is -1.83. The predicted octanol–water partition coefficient (Wildman–Crippen LogP) is 2.32. The Morgan fingerprint density at radius 1 is 1.41 bits per heavy atom. The number of rotatable bonds is 2. The minimum Gasteiger partial charge on any atom is -0.476 e. The highest BCUT2D eigenvalue weighted by Crippen LogP contribution is 2.36. The molecule has 0 fully saturated rings. The van der Waals surface area contributed by atoms with Gasteiger partial charge in [0.1, 0.15) is 0 Å². The number of anilines is 1. The van der Waals surface area contributed by atoms with Crippen LogP contribution in [0.1, 0.15) is 28.2 Å². The lowest BCUT2D eigenvalue weighted by Crippen LogP contribution is -2.17. The van der Waals surface area contributed by atoms with Crippen LogP contribution >= 0.6 is 0 Å². The molecule has 0 unspecified atom stereocenters. The minimum absolute atomic E-state index is 0.268. The van der Waals surface area contributed by atoms with Gasteiger partial charge in [0, 0.05) is 0 Å². The Hall–Kier alpha value is -1.93. The third kappa shape index (κ3) is 2.60. The third-order valence-corrected chi connectivity index (χ3v) is 1.79. The lowest BCUT2D eigenvalue weighted by molar-refractivity contribution is -0.143. The van der Waals surface area contributed by atoms with Crippen molar-refractivity contribution in [2.75, 3.05) is 5.73 Å². The van der Waals surface area contributed by atoms with Crippen molar-refractivity contribution in [1.82, 2.24) is 4.98 Å². The highest BCUT2D eigenvalue weighted by molar-refractivity contribution is 5.91. The molecule has 1 heterocycles. The van der Waals surface area contributed by atoms with Gasteiger partial charge in [-0.15, -0.1) is 0 Å². The van der Waals surface area contributed by atoms with Crippen molar-refractivity contribution in [3.63, 3.8) is 0 Å². The predicted molar refractivity (Wildman–Crippen MR) is 45.6 cm³/mol. The Bertz CT molecular complexity index is 458. The van der Waals surface area contributed by atoms with E-state index in [0.29, 0.717) is 0 Å². The summed E-state index contributed by atoms with van der Waals surface area (Å²) in [6, 6.07) is 0.268. The van der Waals surface area contributed by atoms with Gasteiger partial charge in [0.2, 0.25) is 0 Å². The molecule has 3 N–H and O–H groups in total. The van der Waals surface area contributed by atoms with Crippen molar-refractivity contribution >= 4 is 11.7 Å². The molecule has 0 spiro atoms. The zero-order valence-electron chi connectivity index (χ0n) is 7.92. The quantitative estimate of drug-likeness (QED) is 0.796. The first-order valence-corrected chi connectivity index (χ1v) is 4.03. The zero-order chi connectivity index (χ0) is 13.4. The fourth-order valence-corrected chi connectivity index (χ4v) is 1.11. The maximum atomic E-state index is 12.4.